The third-order valence-electron chi connectivity index (χ3n) is 6.96. The highest BCUT2D eigenvalue weighted by Crippen LogP contribution is 2.36. The van der Waals surface area contributed by atoms with Gasteiger partial charge in [0.15, 0.2) is 5.76 Å². The van der Waals surface area contributed by atoms with Crippen LogP contribution in [0.25, 0.3) is 5.57 Å². The van der Waals surface area contributed by atoms with Crippen LogP contribution >= 0.6 is 0 Å². The van der Waals surface area contributed by atoms with E-state index in [0.717, 1.165) is 66.6 Å². The molecule has 2 heterocycles. The average Bonchev–Trinajstić information content (AvgIpc) is 3.08. The molecule has 2 aromatic rings. The third kappa shape index (κ3) is 4.75. The van der Waals surface area contributed by atoms with Crippen molar-refractivity contribution in [2.45, 2.75) is 26.3 Å². The van der Waals surface area contributed by atoms with Crippen molar-refractivity contribution in [3.05, 3.63) is 94.1 Å². The normalized spacial score (nSPS) is 18.9. The molecule has 1 aliphatic carbocycles. The highest BCUT2D eigenvalue weighted by molar-refractivity contribution is 6.32. The standard InChI is InChI=1S/C29H32N4O3/c1-18(28-24-16-22(30)6-9-25(24)32-29(28)34)31-23-7-4-19(5-8-23)17-33-12-10-20-14-26(35-2)27(36-3)15-21(20)11-13-33/h4-10,15-16,31H,11-14,17,30H2,1-3H3,(H,32,34)/b28-18-. The molecule has 0 spiro atoms. The maximum absolute atomic E-state index is 12.6. The van der Waals surface area contributed by atoms with E-state index in [-0.39, 0.29) is 5.91 Å². The minimum Gasteiger partial charge on any atom is -0.497 e. The molecule has 7 nitrogen and oxygen atoms in total. The van der Waals surface area contributed by atoms with Crippen molar-refractivity contribution >= 4 is 28.5 Å². The average molecular weight is 485 g/mol. The second kappa shape index (κ2) is 9.95. The Morgan fingerprint density at radius 1 is 1.11 bits per heavy atom. The predicted octanol–water partition coefficient (Wildman–Crippen LogP) is 5.03. The molecule has 0 aromatic heterocycles. The summed E-state index contributed by atoms with van der Waals surface area (Å²) in [6.07, 6.45) is 6.19. The number of anilines is 3. The number of amides is 1. The van der Waals surface area contributed by atoms with Crippen LogP contribution in [0.1, 0.15) is 30.9 Å². The number of hydrogen-bond donors (Lipinski definition) is 3. The number of allylic oxidation sites excluding steroid dienone is 3. The van der Waals surface area contributed by atoms with Crippen LogP contribution in [0, 0.1) is 0 Å². The Kier molecular flexibility index (Phi) is 6.57. The first-order valence-electron chi connectivity index (χ1n) is 12.2. The van der Waals surface area contributed by atoms with Crippen molar-refractivity contribution in [1.29, 1.82) is 0 Å². The molecular formula is C29H32N4O3. The summed E-state index contributed by atoms with van der Waals surface area (Å²) in [5.74, 6) is 1.60. The van der Waals surface area contributed by atoms with Gasteiger partial charge < -0.3 is 25.8 Å². The first-order valence-corrected chi connectivity index (χ1v) is 12.2. The summed E-state index contributed by atoms with van der Waals surface area (Å²) in [5, 5.41) is 6.30. The topological polar surface area (TPSA) is 88.9 Å². The van der Waals surface area contributed by atoms with Crippen LogP contribution in [0.3, 0.4) is 0 Å². The van der Waals surface area contributed by atoms with Crippen molar-refractivity contribution in [2.75, 3.05) is 43.7 Å². The zero-order valence-corrected chi connectivity index (χ0v) is 21.0. The van der Waals surface area contributed by atoms with E-state index in [1.165, 1.54) is 16.7 Å². The minimum atomic E-state index is -0.117. The molecule has 0 radical (unpaired) electrons. The number of fused-ring (bicyclic) bond motifs is 2. The third-order valence-corrected chi connectivity index (χ3v) is 6.96. The van der Waals surface area contributed by atoms with E-state index in [0.29, 0.717) is 11.3 Å². The molecule has 0 unspecified atom stereocenters. The highest BCUT2D eigenvalue weighted by Gasteiger charge is 2.26. The Morgan fingerprint density at radius 3 is 2.67 bits per heavy atom. The van der Waals surface area contributed by atoms with E-state index in [9.17, 15) is 4.79 Å². The zero-order chi connectivity index (χ0) is 25.2. The molecule has 0 fully saturated rings. The fourth-order valence-electron chi connectivity index (χ4n) is 5.03. The van der Waals surface area contributed by atoms with Crippen LogP contribution < -0.4 is 16.4 Å². The summed E-state index contributed by atoms with van der Waals surface area (Å²) >= 11 is 0. The van der Waals surface area contributed by atoms with Gasteiger partial charge in [0, 0.05) is 54.4 Å². The summed E-state index contributed by atoms with van der Waals surface area (Å²) in [6, 6.07) is 13.9. The number of carbonyl (C=O) groups excluding carboxylic acids is 1. The van der Waals surface area contributed by atoms with Crippen LogP contribution in [-0.2, 0) is 20.8 Å². The predicted molar refractivity (Wildman–Crippen MR) is 144 cm³/mol. The van der Waals surface area contributed by atoms with E-state index < -0.39 is 0 Å². The maximum atomic E-state index is 12.6. The lowest BCUT2D eigenvalue weighted by Gasteiger charge is -2.21. The van der Waals surface area contributed by atoms with Crippen molar-refractivity contribution in [3.8, 4) is 0 Å². The zero-order valence-electron chi connectivity index (χ0n) is 21.0. The van der Waals surface area contributed by atoms with E-state index in [4.69, 9.17) is 15.2 Å². The van der Waals surface area contributed by atoms with Crippen LogP contribution in [0.2, 0.25) is 0 Å². The number of methoxy groups -OCH3 is 2. The number of carbonyl (C=O) groups is 1. The van der Waals surface area contributed by atoms with E-state index >= 15 is 0 Å². The van der Waals surface area contributed by atoms with Gasteiger partial charge in [-0.05, 0) is 66.5 Å². The molecular weight excluding hydrogens is 452 g/mol. The van der Waals surface area contributed by atoms with Crippen molar-refractivity contribution in [3.63, 3.8) is 0 Å². The van der Waals surface area contributed by atoms with E-state index in [1.807, 2.05) is 19.1 Å². The number of nitrogens with two attached hydrogens (primary N) is 1. The minimum absolute atomic E-state index is 0.117. The van der Waals surface area contributed by atoms with Gasteiger partial charge in [0.1, 0.15) is 5.76 Å². The monoisotopic (exact) mass is 484 g/mol. The fourth-order valence-corrected chi connectivity index (χ4v) is 5.03. The van der Waals surface area contributed by atoms with Crippen LogP contribution in [0.15, 0.2) is 83.0 Å². The number of ether oxygens (including phenoxy) is 2. The Morgan fingerprint density at radius 2 is 1.92 bits per heavy atom. The van der Waals surface area contributed by atoms with Gasteiger partial charge in [-0.2, -0.15) is 0 Å². The Labute approximate surface area is 212 Å². The lowest BCUT2D eigenvalue weighted by molar-refractivity contribution is -0.110. The number of nitrogen functional groups attached to an aromatic ring is 1. The molecule has 1 amide bonds. The summed E-state index contributed by atoms with van der Waals surface area (Å²) in [6.45, 7) is 4.66. The number of nitrogens with zero attached hydrogens (tertiary/aromatic N) is 1. The first kappa shape index (κ1) is 23.8. The van der Waals surface area contributed by atoms with Gasteiger partial charge in [0.05, 0.1) is 19.8 Å². The van der Waals surface area contributed by atoms with Gasteiger partial charge in [-0.1, -0.05) is 18.2 Å². The molecule has 36 heavy (non-hydrogen) atoms. The van der Waals surface area contributed by atoms with Gasteiger partial charge in [-0.3, -0.25) is 9.69 Å². The number of nitrogens with one attached hydrogen (secondary N) is 2. The van der Waals surface area contributed by atoms with Gasteiger partial charge in [-0.25, -0.2) is 0 Å². The van der Waals surface area contributed by atoms with Gasteiger partial charge in [0.25, 0.3) is 5.91 Å². The molecule has 2 aromatic carbocycles. The summed E-state index contributed by atoms with van der Waals surface area (Å²) in [7, 11) is 3.39. The molecule has 4 N–H and O–H groups in total. The van der Waals surface area contributed by atoms with Crippen molar-refractivity contribution in [2.24, 2.45) is 0 Å². The fraction of sp³-hybridized carbons (Fsp3) is 0.276. The van der Waals surface area contributed by atoms with Gasteiger partial charge in [-0.15, -0.1) is 0 Å². The summed E-state index contributed by atoms with van der Waals surface area (Å²) in [4.78, 5) is 15.0. The van der Waals surface area contributed by atoms with Crippen LogP contribution in [0.4, 0.5) is 17.1 Å². The Balaban J connectivity index is 1.25. The van der Waals surface area contributed by atoms with Crippen LogP contribution in [0.5, 0.6) is 0 Å². The highest BCUT2D eigenvalue weighted by atomic mass is 16.5. The SMILES string of the molecule is COC1=C(OC)CC2=CCN(Cc3ccc(N/C(C)=C4\C(=O)Nc5ccc(N)cc54)cc3)CCC2=C1. The lowest BCUT2D eigenvalue weighted by atomic mass is 9.94. The Hall–Kier alpha value is -3.97. The maximum Gasteiger partial charge on any atom is 0.258 e. The van der Waals surface area contributed by atoms with Crippen LogP contribution in [-0.4, -0.2) is 38.1 Å². The molecule has 3 aliphatic rings. The Bertz CT molecular complexity index is 1320. The van der Waals surface area contributed by atoms with Gasteiger partial charge >= 0.3 is 0 Å². The van der Waals surface area contributed by atoms with E-state index in [2.05, 4.69) is 52.0 Å². The molecule has 5 rings (SSSR count). The van der Waals surface area contributed by atoms with Crippen molar-refractivity contribution in [1.82, 2.24) is 4.90 Å². The molecule has 0 saturated heterocycles. The van der Waals surface area contributed by atoms with Crippen molar-refractivity contribution < 1.29 is 14.3 Å². The number of rotatable bonds is 6. The van der Waals surface area contributed by atoms with E-state index in [1.54, 1.807) is 20.3 Å². The molecule has 186 valence electrons. The number of benzene rings is 2. The number of hydrogen-bond acceptors (Lipinski definition) is 6. The molecule has 7 heteroatoms. The largest absolute Gasteiger partial charge is 0.497 e. The summed E-state index contributed by atoms with van der Waals surface area (Å²) < 4.78 is 11.0. The quantitative estimate of drug-likeness (QED) is 0.394. The second-order valence-electron chi connectivity index (χ2n) is 9.34. The molecule has 0 saturated carbocycles. The second-order valence-corrected chi connectivity index (χ2v) is 9.34. The summed E-state index contributed by atoms with van der Waals surface area (Å²) in [5.41, 5.74) is 14.5. The smallest absolute Gasteiger partial charge is 0.258 e. The lowest BCUT2D eigenvalue weighted by Crippen LogP contribution is -2.23. The van der Waals surface area contributed by atoms with Gasteiger partial charge in [0.2, 0.25) is 0 Å². The molecule has 2 aliphatic heterocycles. The molecule has 0 bridgehead atoms. The molecule has 0 atom stereocenters. The first-order chi connectivity index (χ1) is 17.4.